The van der Waals surface area contributed by atoms with E-state index in [0.717, 1.165) is 96.3 Å². The number of esters is 3. The number of hydrogen-bond donors (Lipinski definition) is 0. The normalized spacial score (nSPS) is 12.8. The molecule has 0 N–H and O–H groups in total. The van der Waals surface area contributed by atoms with Crippen LogP contribution in [-0.4, -0.2) is 37.2 Å². The molecule has 1 unspecified atom stereocenters. The van der Waals surface area contributed by atoms with Crippen LogP contribution < -0.4 is 0 Å². The molecule has 0 saturated carbocycles. The van der Waals surface area contributed by atoms with Gasteiger partial charge in [-0.2, -0.15) is 0 Å². The minimum atomic E-state index is -0.790. The van der Waals surface area contributed by atoms with Crippen molar-refractivity contribution < 1.29 is 28.6 Å². The van der Waals surface area contributed by atoms with Crippen LogP contribution in [-0.2, 0) is 28.6 Å². The van der Waals surface area contributed by atoms with E-state index in [1.54, 1.807) is 0 Å². The van der Waals surface area contributed by atoms with E-state index < -0.39 is 6.10 Å². The Morgan fingerprint density at radius 1 is 0.350 bits per heavy atom. The molecular formula is C54H90O6. The van der Waals surface area contributed by atoms with Gasteiger partial charge in [0.05, 0.1) is 0 Å². The van der Waals surface area contributed by atoms with Crippen molar-refractivity contribution in [3.63, 3.8) is 0 Å². The highest BCUT2D eigenvalue weighted by Gasteiger charge is 2.19. The molecule has 0 aromatic rings. The van der Waals surface area contributed by atoms with Gasteiger partial charge in [-0.3, -0.25) is 14.4 Å². The van der Waals surface area contributed by atoms with Gasteiger partial charge in [-0.05, 0) is 64.2 Å². The van der Waals surface area contributed by atoms with Crippen LogP contribution in [0.15, 0.2) is 85.1 Å². The number of rotatable bonds is 43. The molecule has 6 heteroatoms. The van der Waals surface area contributed by atoms with Crippen molar-refractivity contribution >= 4 is 17.9 Å². The zero-order valence-electron chi connectivity index (χ0n) is 38.9. The number of hydrogen-bond acceptors (Lipinski definition) is 6. The quantitative estimate of drug-likeness (QED) is 0.0263. The van der Waals surface area contributed by atoms with E-state index in [1.807, 2.05) is 0 Å². The summed E-state index contributed by atoms with van der Waals surface area (Å²) in [7, 11) is 0. The smallest absolute Gasteiger partial charge is 0.306 e. The molecule has 0 rings (SSSR count). The molecule has 0 bridgehead atoms. The highest BCUT2D eigenvalue weighted by molar-refractivity contribution is 5.71. The molecule has 0 aliphatic heterocycles. The molecular weight excluding hydrogens is 745 g/mol. The van der Waals surface area contributed by atoms with E-state index in [-0.39, 0.29) is 31.1 Å². The third-order valence-corrected chi connectivity index (χ3v) is 10.3. The molecule has 0 amide bonds. The fourth-order valence-electron chi connectivity index (χ4n) is 6.57. The summed E-state index contributed by atoms with van der Waals surface area (Å²) < 4.78 is 16.7. The van der Waals surface area contributed by atoms with E-state index >= 15 is 0 Å². The Balaban J connectivity index is 4.42. The van der Waals surface area contributed by atoms with Gasteiger partial charge in [-0.1, -0.05) is 221 Å². The lowest BCUT2D eigenvalue weighted by Crippen LogP contribution is -2.30. The van der Waals surface area contributed by atoms with Gasteiger partial charge >= 0.3 is 17.9 Å². The molecule has 342 valence electrons. The number of ether oxygens (including phenoxy) is 3. The Kier molecular flexibility index (Phi) is 45.5. The SMILES string of the molecule is CC\C=C/C=C\C=C/CCCCCCCCCC(=O)OC(COC(=O)CCCCCCC\C=C/C=C\C=C/C=C\CCCCC)COC(=O)CCCCCCCCCCC. The van der Waals surface area contributed by atoms with E-state index in [4.69, 9.17) is 14.2 Å². The van der Waals surface area contributed by atoms with E-state index in [2.05, 4.69) is 106 Å². The van der Waals surface area contributed by atoms with Crippen molar-refractivity contribution in [3.8, 4) is 0 Å². The van der Waals surface area contributed by atoms with Crippen molar-refractivity contribution in [2.24, 2.45) is 0 Å². The molecule has 1 atom stereocenters. The second-order valence-electron chi connectivity index (χ2n) is 16.1. The van der Waals surface area contributed by atoms with Crippen molar-refractivity contribution in [1.29, 1.82) is 0 Å². The van der Waals surface area contributed by atoms with E-state index in [1.165, 1.54) is 83.5 Å². The van der Waals surface area contributed by atoms with Crippen LogP contribution in [0.2, 0.25) is 0 Å². The zero-order valence-corrected chi connectivity index (χ0v) is 38.9. The number of allylic oxidation sites excluding steroid dienone is 14. The first-order valence-corrected chi connectivity index (χ1v) is 24.7. The van der Waals surface area contributed by atoms with Crippen molar-refractivity contribution in [2.75, 3.05) is 13.2 Å². The molecule has 6 nitrogen and oxygen atoms in total. The van der Waals surface area contributed by atoms with Crippen LogP contribution in [0.4, 0.5) is 0 Å². The van der Waals surface area contributed by atoms with Gasteiger partial charge in [0.25, 0.3) is 0 Å². The highest BCUT2D eigenvalue weighted by atomic mass is 16.6. The largest absolute Gasteiger partial charge is 0.462 e. The van der Waals surface area contributed by atoms with E-state index in [0.29, 0.717) is 19.3 Å². The maximum Gasteiger partial charge on any atom is 0.306 e. The Hall–Kier alpha value is -3.41. The molecule has 0 saturated heterocycles. The Morgan fingerprint density at radius 2 is 0.650 bits per heavy atom. The minimum absolute atomic E-state index is 0.0891. The molecule has 0 fully saturated rings. The molecule has 0 spiro atoms. The molecule has 0 heterocycles. The summed E-state index contributed by atoms with van der Waals surface area (Å²) in [5.41, 5.74) is 0. The summed E-state index contributed by atoms with van der Waals surface area (Å²) in [5, 5.41) is 0. The molecule has 0 radical (unpaired) electrons. The molecule has 0 aromatic carbocycles. The lowest BCUT2D eigenvalue weighted by Gasteiger charge is -2.18. The monoisotopic (exact) mass is 835 g/mol. The van der Waals surface area contributed by atoms with Gasteiger partial charge < -0.3 is 14.2 Å². The first-order chi connectivity index (χ1) is 29.5. The Labute approximate surface area is 369 Å². The van der Waals surface area contributed by atoms with Crippen molar-refractivity contribution in [1.82, 2.24) is 0 Å². The summed E-state index contributed by atoms with van der Waals surface area (Å²) in [6.45, 7) is 6.41. The van der Waals surface area contributed by atoms with Gasteiger partial charge in [-0.25, -0.2) is 0 Å². The third kappa shape index (κ3) is 45.7. The van der Waals surface area contributed by atoms with Gasteiger partial charge in [0.2, 0.25) is 0 Å². The van der Waals surface area contributed by atoms with Crippen molar-refractivity contribution in [3.05, 3.63) is 85.1 Å². The van der Waals surface area contributed by atoms with Gasteiger partial charge in [0.15, 0.2) is 6.10 Å². The number of carbonyl (C=O) groups excluding carboxylic acids is 3. The van der Waals surface area contributed by atoms with Crippen LogP contribution in [0.5, 0.6) is 0 Å². The maximum absolute atomic E-state index is 12.8. The van der Waals surface area contributed by atoms with Crippen LogP contribution >= 0.6 is 0 Å². The third-order valence-electron chi connectivity index (χ3n) is 10.3. The van der Waals surface area contributed by atoms with Crippen LogP contribution in [0, 0.1) is 0 Å². The fraction of sp³-hybridized carbons (Fsp3) is 0.685. The average molecular weight is 835 g/mol. The summed E-state index contributed by atoms with van der Waals surface area (Å²) in [4.78, 5) is 37.8. The molecule has 0 aromatic heterocycles. The predicted octanol–water partition coefficient (Wildman–Crippen LogP) is 16.0. The lowest BCUT2D eigenvalue weighted by atomic mass is 10.1. The standard InChI is InChI=1S/C54H90O6/c1-4-7-10-13-16-19-21-23-25-26-27-29-30-32-35-38-41-44-47-53(56)59-50-51(49-58-52(55)46-43-40-37-34-18-15-12-9-6-3)60-54(57)48-45-42-39-36-33-31-28-24-22-20-17-14-11-8-5-2/h8,11,14,16-17,19-23,25-27,29,51H,4-7,9-10,12-13,15,18,24,28,30-50H2,1-3H3/b11-8-,17-14-,19-16-,22-20-,23-21-,26-25-,29-27-. The van der Waals surface area contributed by atoms with Gasteiger partial charge in [0, 0.05) is 19.3 Å². The Morgan fingerprint density at radius 3 is 1.05 bits per heavy atom. The summed E-state index contributed by atoms with van der Waals surface area (Å²) in [6, 6.07) is 0. The first kappa shape index (κ1) is 56.6. The van der Waals surface area contributed by atoms with Crippen LogP contribution in [0.3, 0.4) is 0 Å². The summed E-state index contributed by atoms with van der Waals surface area (Å²) in [5.74, 6) is -0.931. The topological polar surface area (TPSA) is 78.9 Å². The van der Waals surface area contributed by atoms with Crippen molar-refractivity contribution in [2.45, 2.75) is 226 Å². The second kappa shape index (κ2) is 48.3. The zero-order chi connectivity index (χ0) is 43.7. The average Bonchev–Trinajstić information content (AvgIpc) is 3.24. The number of carbonyl (C=O) groups is 3. The predicted molar refractivity (Wildman–Crippen MR) is 256 cm³/mol. The fourth-order valence-corrected chi connectivity index (χ4v) is 6.57. The summed E-state index contributed by atoms with van der Waals surface area (Å²) >= 11 is 0. The summed E-state index contributed by atoms with van der Waals surface area (Å²) in [6.07, 6.45) is 61.3. The lowest BCUT2D eigenvalue weighted by molar-refractivity contribution is -0.167. The highest BCUT2D eigenvalue weighted by Crippen LogP contribution is 2.14. The van der Waals surface area contributed by atoms with E-state index in [9.17, 15) is 14.4 Å². The van der Waals surface area contributed by atoms with Gasteiger partial charge in [0.1, 0.15) is 13.2 Å². The van der Waals surface area contributed by atoms with Gasteiger partial charge in [-0.15, -0.1) is 0 Å². The van der Waals surface area contributed by atoms with Crippen LogP contribution in [0.1, 0.15) is 220 Å². The first-order valence-electron chi connectivity index (χ1n) is 24.7. The second-order valence-corrected chi connectivity index (χ2v) is 16.1. The molecule has 60 heavy (non-hydrogen) atoms. The maximum atomic E-state index is 12.8. The van der Waals surface area contributed by atoms with Crippen LogP contribution in [0.25, 0.3) is 0 Å². The number of unbranched alkanes of at least 4 members (excludes halogenated alkanes) is 23. The molecule has 0 aliphatic carbocycles. The minimum Gasteiger partial charge on any atom is -0.462 e. The molecule has 0 aliphatic rings. The Bertz CT molecular complexity index is 1190.